The highest BCUT2D eigenvalue weighted by atomic mass is 16.2. The monoisotopic (exact) mass is 313 g/mol. The van der Waals surface area contributed by atoms with Gasteiger partial charge in [0.25, 0.3) is 0 Å². The van der Waals surface area contributed by atoms with Crippen molar-refractivity contribution in [3.05, 3.63) is 42.2 Å². The van der Waals surface area contributed by atoms with Crippen LogP contribution in [0.5, 0.6) is 0 Å². The summed E-state index contributed by atoms with van der Waals surface area (Å²) in [6.07, 6.45) is 2.88. The summed E-state index contributed by atoms with van der Waals surface area (Å²) in [5.74, 6) is 0.622. The zero-order valence-electron chi connectivity index (χ0n) is 13.7. The minimum atomic E-state index is 0.104. The maximum absolute atomic E-state index is 12.5. The molecule has 6 heteroatoms. The zero-order valence-corrected chi connectivity index (χ0v) is 13.7. The molecule has 1 aliphatic rings. The fraction of sp³-hybridized carbons (Fsp3) is 0.529. The van der Waals surface area contributed by atoms with E-state index in [1.165, 1.54) is 5.56 Å². The highest BCUT2D eigenvalue weighted by Gasteiger charge is 2.41. The molecule has 1 atom stereocenters. The second-order valence-electron chi connectivity index (χ2n) is 6.90. The summed E-state index contributed by atoms with van der Waals surface area (Å²) in [6, 6.07) is 10.5. The normalized spacial score (nSPS) is 19.9. The summed E-state index contributed by atoms with van der Waals surface area (Å²) < 4.78 is 1.66. The number of tetrazole rings is 1. The average Bonchev–Trinajstić information content (AvgIpc) is 3.15. The van der Waals surface area contributed by atoms with Crippen molar-refractivity contribution < 1.29 is 4.79 Å². The van der Waals surface area contributed by atoms with Crippen LogP contribution >= 0.6 is 0 Å². The first kappa shape index (κ1) is 15.6. The maximum Gasteiger partial charge on any atom is 0.222 e. The number of carbonyl (C=O) groups is 1. The Morgan fingerprint density at radius 2 is 2.09 bits per heavy atom. The molecule has 6 nitrogen and oxygen atoms in total. The highest BCUT2D eigenvalue weighted by Crippen LogP contribution is 2.42. The van der Waals surface area contributed by atoms with Gasteiger partial charge in [-0.3, -0.25) is 4.79 Å². The fourth-order valence-electron chi connectivity index (χ4n) is 3.40. The SMILES string of the molecule is CC1(C)CN(C(=O)CCCn2cnnn2)CC1c1ccccc1. The molecule has 1 aromatic heterocycles. The van der Waals surface area contributed by atoms with Crippen LogP contribution in [-0.2, 0) is 11.3 Å². The van der Waals surface area contributed by atoms with Crippen LogP contribution in [0.1, 0.15) is 38.2 Å². The lowest BCUT2D eigenvalue weighted by Crippen LogP contribution is -2.30. The van der Waals surface area contributed by atoms with Crippen molar-refractivity contribution in [1.82, 2.24) is 25.1 Å². The fourth-order valence-corrected chi connectivity index (χ4v) is 3.40. The van der Waals surface area contributed by atoms with Crippen LogP contribution in [0.15, 0.2) is 36.7 Å². The molecule has 1 unspecified atom stereocenters. The summed E-state index contributed by atoms with van der Waals surface area (Å²) >= 11 is 0. The topological polar surface area (TPSA) is 63.9 Å². The van der Waals surface area contributed by atoms with Crippen LogP contribution in [0.4, 0.5) is 0 Å². The number of aromatic nitrogens is 4. The van der Waals surface area contributed by atoms with E-state index in [1.54, 1.807) is 11.0 Å². The molecule has 2 heterocycles. The summed E-state index contributed by atoms with van der Waals surface area (Å²) in [4.78, 5) is 14.5. The van der Waals surface area contributed by atoms with Crippen LogP contribution in [0.3, 0.4) is 0 Å². The lowest BCUT2D eigenvalue weighted by Gasteiger charge is -2.25. The molecular formula is C17H23N5O. The van der Waals surface area contributed by atoms with E-state index in [4.69, 9.17) is 0 Å². The number of nitrogens with zero attached hydrogens (tertiary/aromatic N) is 5. The minimum Gasteiger partial charge on any atom is -0.342 e. The standard InChI is InChI=1S/C17H23N5O/c1-17(2)12-21(11-15(17)14-7-4-3-5-8-14)16(23)9-6-10-22-13-18-19-20-22/h3-5,7-8,13,15H,6,9-12H2,1-2H3. The first-order valence-electron chi connectivity index (χ1n) is 8.10. The van der Waals surface area contributed by atoms with Gasteiger partial charge in [0, 0.05) is 32.0 Å². The van der Waals surface area contributed by atoms with E-state index in [2.05, 4.69) is 53.6 Å². The van der Waals surface area contributed by atoms with Gasteiger partial charge in [0.2, 0.25) is 5.91 Å². The van der Waals surface area contributed by atoms with E-state index in [-0.39, 0.29) is 11.3 Å². The number of rotatable bonds is 5. The van der Waals surface area contributed by atoms with Crippen LogP contribution < -0.4 is 0 Å². The number of hydrogen-bond donors (Lipinski definition) is 0. The summed E-state index contributed by atoms with van der Waals surface area (Å²) in [6.45, 7) is 6.80. The van der Waals surface area contributed by atoms with E-state index in [9.17, 15) is 4.79 Å². The Morgan fingerprint density at radius 1 is 1.30 bits per heavy atom. The van der Waals surface area contributed by atoms with Crippen molar-refractivity contribution in [3.63, 3.8) is 0 Å². The van der Waals surface area contributed by atoms with Crippen molar-refractivity contribution >= 4 is 5.91 Å². The number of likely N-dealkylation sites (tertiary alicyclic amines) is 1. The van der Waals surface area contributed by atoms with Gasteiger partial charge in [0.1, 0.15) is 6.33 Å². The molecular weight excluding hydrogens is 290 g/mol. The molecule has 1 aliphatic heterocycles. The molecule has 0 spiro atoms. The van der Waals surface area contributed by atoms with Crippen molar-refractivity contribution in [2.24, 2.45) is 5.41 Å². The van der Waals surface area contributed by atoms with E-state index >= 15 is 0 Å². The third kappa shape index (κ3) is 3.57. The second-order valence-corrected chi connectivity index (χ2v) is 6.90. The molecule has 23 heavy (non-hydrogen) atoms. The molecule has 0 saturated carbocycles. The molecule has 0 N–H and O–H groups in total. The molecule has 122 valence electrons. The highest BCUT2D eigenvalue weighted by molar-refractivity contribution is 5.76. The van der Waals surface area contributed by atoms with Crippen molar-refractivity contribution in [1.29, 1.82) is 0 Å². The van der Waals surface area contributed by atoms with Crippen molar-refractivity contribution in [2.45, 2.75) is 39.2 Å². The van der Waals surface area contributed by atoms with Crippen LogP contribution in [0.2, 0.25) is 0 Å². The lowest BCUT2D eigenvalue weighted by molar-refractivity contribution is -0.130. The van der Waals surface area contributed by atoms with Gasteiger partial charge < -0.3 is 4.90 Å². The predicted octanol–water partition coefficient (Wildman–Crippen LogP) is 2.11. The molecule has 3 rings (SSSR count). The average molecular weight is 313 g/mol. The third-order valence-electron chi connectivity index (χ3n) is 4.67. The molecule has 0 radical (unpaired) electrons. The summed E-state index contributed by atoms with van der Waals surface area (Å²) in [5.41, 5.74) is 1.42. The molecule has 0 aliphatic carbocycles. The molecule has 1 saturated heterocycles. The number of amides is 1. The van der Waals surface area contributed by atoms with Gasteiger partial charge in [0.15, 0.2) is 0 Å². The van der Waals surface area contributed by atoms with Gasteiger partial charge in [-0.25, -0.2) is 4.68 Å². The van der Waals surface area contributed by atoms with Gasteiger partial charge >= 0.3 is 0 Å². The van der Waals surface area contributed by atoms with E-state index in [0.29, 0.717) is 18.9 Å². The maximum atomic E-state index is 12.5. The quantitative estimate of drug-likeness (QED) is 0.848. The first-order valence-corrected chi connectivity index (χ1v) is 8.10. The Labute approximate surface area is 136 Å². The molecule has 1 fully saturated rings. The van der Waals surface area contributed by atoms with Gasteiger partial charge in [-0.2, -0.15) is 0 Å². The Morgan fingerprint density at radius 3 is 2.78 bits per heavy atom. The van der Waals surface area contributed by atoms with Crippen molar-refractivity contribution in [2.75, 3.05) is 13.1 Å². The number of aryl methyl sites for hydroxylation is 1. The third-order valence-corrected chi connectivity index (χ3v) is 4.67. The van der Waals surface area contributed by atoms with Gasteiger partial charge in [0.05, 0.1) is 0 Å². The minimum absolute atomic E-state index is 0.104. The van der Waals surface area contributed by atoms with Crippen LogP contribution in [0, 0.1) is 5.41 Å². The van der Waals surface area contributed by atoms with Crippen LogP contribution in [-0.4, -0.2) is 44.1 Å². The lowest BCUT2D eigenvalue weighted by atomic mass is 9.78. The Hall–Kier alpha value is -2.24. The van der Waals surface area contributed by atoms with Gasteiger partial charge in [-0.05, 0) is 27.8 Å². The number of carbonyl (C=O) groups excluding carboxylic acids is 1. The summed E-state index contributed by atoms with van der Waals surface area (Å²) in [7, 11) is 0. The Bertz CT molecular complexity index is 638. The molecule has 0 bridgehead atoms. The van der Waals surface area contributed by atoms with Crippen molar-refractivity contribution in [3.8, 4) is 0 Å². The Kier molecular flexibility index (Phi) is 4.41. The molecule has 2 aromatic rings. The van der Waals surface area contributed by atoms with Gasteiger partial charge in [-0.1, -0.05) is 44.2 Å². The van der Waals surface area contributed by atoms with Crippen LogP contribution in [0.25, 0.3) is 0 Å². The number of hydrogen-bond acceptors (Lipinski definition) is 4. The largest absolute Gasteiger partial charge is 0.342 e. The Balaban J connectivity index is 1.57. The van der Waals surface area contributed by atoms with E-state index in [0.717, 1.165) is 19.5 Å². The molecule has 1 aromatic carbocycles. The second kappa shape index (κ2) is 6.48. The smallest absolute Gasteiger partial charge is 0.222 e. The predicted molar refractivity (Wildman–Crippen MR) is 86.6 cm³/mol. The summed E-state index contributed by atoms with van der Waals surface area (Å²) in [5, 5.41) is 11.0. The first-order chi connectivity index (χ1) is 11.1. The van der Waals surface area contributed by atoms with Gasteiger partial charge in [-0.15, -0.1) is 5.10 Å². The van der Waals surface area contributed by atoms with E-state index < -0.39 is 0 Å². The zero-order chi connectivity index (χ0) is 16.3. The number of benzene rings is 1. The molecule has 1 amide bonds. The van der Waals surface area contributed by atoms with E-state index in [1.807, 2.05) is 11.0 Å².